The number of aromatic nitrogens is 3. The Balaban J connectivity index is 2.42. The first-order chi connectivity index (χ1) is 9.07. The van der Waals surface area contributed by atoms with E-state index in [2.05, 4.69) is 10.2 Å². The van der Waals surface area contributed by atoms with Gasteiger partial charge in [0.2, 0.25) is 0 Å². The normalized spacial score (nSPS) is 11.3. The molecule has 0 N–H and O–H groups in total. The fourth-order valence-corrected chi connectivity index (χ4v) is 1.84. The van der Waals surface area contributed by atoms with Crippen LogP contribution in [0.15, 0.2) is 36.7 Å². The fourth-order valence-electron chi connectivity index (χ4n) is 1.84. The summed E-state index contributed by atoms with van der Waals surface area (Å²) in [5, 5.41) is 7.99. The minimum Gasteiger partial charge on any atom is -0.465 e. The summed E-state index contributed by atoms with van der Waals surface area (Å²) in [5.41, 5.74) is 0.0717. The highest BCUT2D eigenvalue weighted by Gasteiger charge is 2.36. The van der Waals surface area contributed by atoms with Gasteiger partial charge in [-0.15, -0.1) is 10.2 Å². The van der Waals surface area contributed by atoms with Crippen LogP contribution in [-0.4, -0.2) is 27.3 Å². The summed E-state index contributed by atoms with van der Waals surface area (Å²) in [7, 11) is 0. The van der Waals surface area contributed by atoms with Gasteiger partial charge in [-0.05, 0) is 32.9 Å². The average molecular weight is 259 g/mol. The van der Waals surface area contributed by atoms with Crippen molar-refractivity contribution in [2.75, 3.05) is 6.61 Å². The number of ether oxygens (including phenoxy) is 1. The van der Waals surface area contributed by atoms with Crippen molar-refractivity contribution in [1.29, 1.82) is 0 Å². The Morgan fingerprint density at radius 2 is 2.00 bits per heavy atom. The van der Waals surface area contributed by atoms with Crippen LogP contribution in [0.4, 0.5) is 0 Å². The average Bonchev–Trinajstić information content (AvgIpc) is 2.90. The molecule has 0 aliphatic rings. The maximum Gasteiger partial charge on any atom is 0.319 e. The van der Waals surface area contributed by atoms with Crippen molar-refractivity contribution in [3.8, 4) is 5.69 Å². The van der Waals surface area contributed by atoms with E-state index >= 15 is 0 Å². The lowest BCUT2D eigenvalue weighted by Gasteiger charge is -2.22. The van der Waals surface area contributed by atoms with Gasteiger partial charge in [-0.2, -0.15) is 0 Å². The number of benzene rings is 1. The molecule has 1 aromatic heterocycles. The van der Waals surface area contributed by atoms with Crippen LogP contribution in [0.25, 0.3) is 5.69 Å². The zero-order valence-electron chi connectivity index (χ0n) is 11.3. The van der Waals surface area contributed by atoms with E-state index in [1.807, 2.05) is 30.3 Å². The van der Waals surface area contributed by atoms with Gasteiger partial charge in [0.15, 0.2) is 5.82 Å². The summed E-state index contributed by atoms with van der Waals surface area (Å²) in [4.78, 5) is 12.0. The molecule has 0 atom stereocenters. The number of para-hydroxylation sites is 1. The van der Waals surface area contributed by atoms with E-state index < -0.39 is 5.41 Å². The number of carbonyl (C=O) groups excluding carboxylic acids is 1. The third-order valence-electron chi connectivity index (χ3n) is 2.93. The Hall–Kier alpha value is -2.17. The quantitative estimate of drug-likeness (QED) is 0.789. The van der Waals surface area contributed by atoms with Crippen molar-refractivity contribution in [3.05, 3.63) is 42.5 Å². The minimum atomic E-state index is -0.845. The first-order valence-corrected chi connectivity index (χ1v) is 6.20. The number of esters is 1. The van der Waals surface area contributed by atoms with Crippen molar-refractivity contribution < 1.29 is 9.53 Å². The molecule has 1 heterocycles. The van der Waals surface area contributed by atoms with Gasteiger partial charge in [0.25, 0.3) is 0 Å². The lowest BCUT2D eigenvalue weighted by Crippen LogP contribution is -2.34. The van der Waals surface area contributed by atoms with E-state index in [0.29, 0.717) is 12.4 Å². The number of hydrogen-bond donors (Lipinski definition) is 0. The highest BCUT2D eigenvalue weighted by molar-refractivity contribution is 5.81. The molecule has 0 aliphatic heterocycles. The lowest BCUT2D eigenvalue weighted by molar-refractivity contribution is -0.149. The molecule has 0 fully saturated rings. The highest BCUT2D eigenvalue weighted by Crippen LogP contribution is 2.25. The molecule has 2 rings (SSSR count). The second-order valence-corrected chi connectivity index (χ2v) is 4.71. The van der Waals surface area contributed by atoms with Crippen molar-refractivity contribution in [2.45, 2.75) is 26.2 Å². The topological polar surface area (TPSA) is 57.0 Å². The molecule has 2 aromatic rings. The van der Waals surface area contributed by atoms with Crippen LogP contribution in [0, 0.1) is 0 Å². The van der Waals surface area contributed by atoms with Gasteiger partial charge in [0, 0.05) is 5.69 Å². The van der Waals surface area contributed by atoms with E-state index in [4.69, 9.17) is 4.74 Å². The first-order valence-electron chi connectivity index (χ1n) is 6.20. The van der Waals surface area contributed by atoms with E-state index in [0.717, 1.165) is 5.69 Å². The second kappa shape index (κ2) is 5.22. The zero-order valence-corrected chi connectivity index (χ0v) is 11.3. The summed E-state index contributed by atoms with van der Waals surface area (Å²) < 4.78 is 6.90. The van der Waals surface area contributed by atoms with Crippen LogP contribution in [0.3, 0.4) is 0 Å². The zero-order chi connectivity index (χ0) is 13.9. The van der Waals surface area contributed by atoms with Gasteiger partial charge < -0.3 is 4.74 Å². The molecule has 1 aromatic carbocycles. The number of hydrogen-bond acceptors (Lipinski definition) is 4. The molecule has 0 aliphatic carbocycles. The van der Waals surface area contributed by atoms with Gasteiger partial charge in [-0.3, -0.25) is 9.36 Å². The van der Waals surface area contributed by atoms with Crippen LogP contribution >= 0.6 is 0 Å². The van der Waals surface area contributed by atoms with Crippen LogP contribution in [0.1, 0.15) is 26.6 Å². The number of carbonyl (C=O) groups is 1. The molecule has 100 valence electrons. The van der Waals surface area contributed by atoms with Gasteiger partial charge in [-0.25, -0.2) is 0 Å². The molecular weight excluding hydrogens is 242 g/mol. The standard InChI is InChI=1S/C14H17N3O2/c1-4-19-13(18)14(2,3)12-16-15-10-17(12)11-8-6-5-7-9-11/h5-10H,4H2,1-3H3. The van der Waals surface area contributed by atoms with E-state index in [1.54, 1.807) is 31.7 Å². The molecule has 0 saturated carbocycles. The largest absolute Gasteiger partial charge is 0.465 e. The third-order valence-corrected chi connectivity index (χ3v) is 2.93. The Labute approximate surface area is 112 Å². The summed E-state index contributed by atoms with van der Waals surface area (Å²) in [6, 6.07) is 9.67. The summed E-state index contributed by atoms with van der Waals surface area (Å²) in [6.45, 7) is 5.71. The molecule has 0 unspecified atom stereocenters. The van der Waals surface area contributed by atoms with Gasteiger partial charge >= 0.3 is 5.97 Å². The number of nitrogens with zero attached hydrogens (tertiary/aromatic N) is 3. The van der Waals surface area contributed by atoms with E-state index in [-0.39, 0.29) is 5.97 Å². The Bertz CT molecular complexity index is 561. The van der Waals surface area contributed by atoms with Crippen molar-refractivity contribution in [2.24, 2.45) is 0 Å². The molecule has 0 saturated heterocycles. The Morgan fingerprint density at radius 1 is 1.32 bits per heavy atom. The summed E-state index contributed by atoms with van der Waals surface area (Å²) in [6.07, 6.45) is 1.60. The van der Waals surface area contributed by atoms with Crippen molar-refractivity contribution in [1.82, 2.24) is 14.8 Å². The molecule has 5 nitrogen and oxygen atoms in total. The summed E-state index contributed by atoms with van der Waals surface area (Å²) >= 11 is 0. The molecule has 0 amide bonds. The molecule has 0 bridgehead atoms. The smallest absolute Gasteiger partial charge is 0.319 e. The van der Waals surface area contributed by atoms with Crippen LogP contribution in [0.5, 0.6) is 0 Å². The van der Waals surface area contributed by atoms with Crippen molar-refractivity contribution >= 4 is 5.97 Å². The van der Waals surface area contributed by atoms with E-state index in [9.17, 15) is 4.79 Å². The maximum absolute atomic E-state index is 12.0. The van der Waals surface area contributed by atoms with Gasteiger partial charge in [0.05, 0.1) is 6.61 Å². The third kappa shape index (κ3) is 2.50. The predicted octanol–water partition coefficient (Wildman–Crippen LogP) is 2.11. The summed E-state index contributed by atoms with van der Waals surface area (Å²) in [5.74, 6) is 0.261. The molecule has 0 radical (unpaired) electrons. The maximum atomic E-state index is 12.0. The lowest BCUT2D eigenvalue weighted by atomic mass is 9.92. The van der Waals surface area contributed by atoms with Crippen LogP contribution < -0.4 is 0 Å². The second-order valence-electron chi connectivity index (χ2n) is 4.71. The number of rotatable bonds is 4. The van der Waals surface area contributed by atoms with Gasteiger partial charge in [0.1, 0.15) is 11.7 Å². The highest BCUT2D eigenvalue weighted by atomic mass is 16.5. The molecular formula is C14H17N3O2. The van der Waals surface area contributed by atoms with Crippen LogP contribution in [0.2, 0.25) is 0 Å². The molecule has 0 spiro atoms. The van der Waals surface area contributed by atoms with E-state index in [1.165, 1.54) is 0 Å². The first kappa shape index (κ1) is 13.3. The van der Waals surface area contributed by atoms with Gasteiger partial charge in [-0.1, -0.05) is 18.2 Å². The predicted molar refractivity (Wildman–Crippen MR) is 71.0 cm³/mol. The monoisotopic (exact) mass is 259 g/mol. The fraction of sp³-hybridized carbons (Fsp3) is 0.357. The van der Waals surface area contributed by atoms with Crippen molar-refractivity contribution in [3.63, 3.8) is 0 Å². The van der Waals surface area contributed by atoms with Crippen LogP contribution in [-0.2, 0) is 14.9 Å². The Kier molecular flexibility index (Phi) is 3.64. The molecule has 19 heavy (non-hydrogen) atoms. The Morgan fingerprint density at radius 3 is 2.63 bits per heavy atom. The minimum absolute atomic E-state index is 0.305. The SMILES string of the molecule is CCOC(=O)C(C)(C)c1nncn1-c1ccccc1. The molecule has 5 heteroatoms.